The number of ketones is 3. The SMILES string of the molecule is C=C1C=C(CCCC(=O)C(C)(C)C)c2ccc(NC(=O)OCC)cc2O1.C=C1C=C(CCCC(=O)C(C)(C)C)c2ccc(NCCN(C)C)cc2O1.C=C1C=C(CCCC(=O)C(C)(C)C)c2ccc(OC)cc2O1.C=C1C=C(CCCC(C)(C)C)c2ccc(NC(=O)OCC)cc2O1.C=C1C=C(CCCC(C)(C)C)c2ccc(OC)cc2O1. The van der Waals surface area contributed by atoms with Gasteiger partial charge in [-0.1, -0.05) is 137 Å². The van der Waals surface area contributed by atoms with Crippen LogP contribution >= 0.6 is 0 Å². The number of Topliss-reactive ketones (excluding diaryl/α,β-unsaturated/α-hetero) is 3. The molecule has 18 nitrogen and oxygen atoms in total. The van der Waals surface area contributed by atoms with Crippen molar-refractivity contribution in [1.29, 1.82) is 0 Å². The highest BCUT2D eigenvalue weighted by Gasteiger charge is 2.28. The molecule has 0 unspecified atom stereocenters. The van der Waals surface area contributed by atoms with Crippen molar-refractivity contribution in [1.82, 2.24) is 4.90 Å². The fourth-order valence-corrected chi connectivity index (χ4v) is 13.1. The van der Waals surface area contributed by atoms with Gasteiger partial charge in [0.1, 0.15) is 86.4 Å². The van der Waals surface area contributed by atoms with Crippen LogP contribution in [0, 0.1) is 27.1 Å². The molecule has 118 heavy (non-hydrogen) atoms. The Morgan fingerprint density at radius 3 is 0.898 bits per heavy atom. The molecule has 0 aliphatic carbocycles. The molecule has 0 bridgehead atoms. The third-order valence-corrected chi connectivity index (χ3v) is 19.7. The first kappa shape index (κ1) is 96.2. The normalized spacial score (nSPS) is 13.8. The predicted molar refractivity (Wildman–Crippen MR) is 484 cm³/mol. The Labute approximate surface area is 705 Å². The predicted octanol–water partition coefficient (Wildman–Crippen LogP) is 25.8. The van der Waals surface area contributed by atoms with Gasteiger partial charge >= 0.3 is 12.2 Å². The maximum atomic E-state index is 12.1. The van der Waals surface area contributed by atoms with Gasteiger partial charge in [-0.15, -0.1) is 0 Å². The molecule has 0 aromatic heterocycles. The summed E-state index contributed by atoms with van der Waals surface area (Å²) >= 11 is 0. The standard InChI is InChI=1S/C22H32N2O2.C21H27NO4.C20H27NO3.C19H24O3.C18H24O2/c1-16-14-17(8-7-9-21(25)22(2,3)4)19-11-10-18(15-20(19)26-16)23-12-13-24(5)6;1-6-25-20(24)22-16-10-11-17-15(12-14(2)26-18(17)13-16)8-7-9-19(23)21(3,4)5;1-6-23-19(22)21-16-9-10-17-15(8-7-11-20(3,4)5)12-14(2)24-18(17)13-16;1-13-11-14(7-6-8-18(20)19(2,3)4)16-10-9-15(21-5)12-17(16)22-13;1-13-11-14(7-6-10-18(2,3)4)16-9-8-15(19-5)12-17(16)20-13/h10-11,14-15,23H,1,7-9,12-13H2,2-6H3;10-13H,2,6-9H2,1,3-5H3,(H,22,24);9-10,12-13H,2,6-8,11H2,1,3-5H3,(H,21,22);9-12H,1,6-8H2,2-5H3;8-9,11-12H,1,6-7,10H2,2-5H3. The summed E-state index contributed by atoms with van der Waals surface area (Å²) in [5.41, 5.74) is 13.5. The number of carbonyl (C=O) groups excluding carboxylic acids is 5. The quantitative estimate of drug-likeness (QED) is 0.0425. The maximum absolute atomic E-state index is 12.1. The highest BCUT2D eigenvalue weighted by Crippen LogP contribution is 2.44. The molecule has 638 valence electrons. The van der Waals surface area contributed by atoms with Gasteiger partial charge in [0.25, 0.3) is 0 Å². The zero-order valence-electron chi connectivity index (χ0n) is 74.7. The van der Waals surface area contributed by atoms with Crippen molar-refractivity contribution in [3.05, 3.63) is 211 Å². The molecule has 10 rings (SSSR count). The summed E-state index contributed by atoms with van der Waals surface area (Å²) in [6, 6.07) is 29.1. The molecular formula is C100H134N4O14. The highest BCUT2D eigenvalue weighted by molar-refractivity contribution is 5.89. The van der Waals surface area contributed by atoms with Crippen LogP contribution in [-0.2, 0) is 23.9 Å². The molecule has 5 heterocycles. The van der Waals surface area contributed by atoms with Crippen LogP contribution in [0.3, 0.4) is 0 Å². The molecule has 5 aromatic rings. The van der Waals surface area contributed by atoms with Crippen LogP contribution in [-0.4, -0.2) is 89.1 Å². The molecule has 0 atom stereocenters. The number of hydrogen-bond donors (Lipinski definition) is 3. The Kier molecular flexibility index (Phi) is 36.1. The monoisotopic (exact) mass is 1610 g/mol. The number of rotatable bonds is 28. The second-order valence-electron chi connectivity index (χ2n) is 35.9. The summed E-state index contributed by atoms with van der Waals surface area (Å²) in [5, 5.41) is 8.77. The van der Waals surface area contributed by atoms with Gasteiger partial charge in [0.2, 0.25) is 0 Å². The summed E-state index contributed by atoms with van der Waals surface area (Å²) in [6.07, 6.45) is 22.3. The first-order valence-electron chi connectivity index (χ1n) is 41.4. The lowest BCUT2D eigenvalue weighted by atomic mass is 9.87. The number of amides is 2. The molecule has 3 N–H and O–H groups in total. The van der Waals surface area contributed by atoms with E-state index in [0.29, 0.717) is 101 Å². The number of hydrogen-bond acceptors (Lipinski definition) is 16. The fourth-order valence-electron chi connectivity index (χ4n) is 13.1. The Morgan fingerprint density at radius 1 is 0.373 bits per heavy atom. The molecule has 18 heteroatoms. The van der Waals surface area contributed by atoms with Gasteiger partial charge in [0, 0.05) is 124 Å². The number of benzene rings is 5. The van der Waals surface area contributed by atoms with Crippen molar-refractivity contribution in [2.75, 3.05) is 70.6 Å². The first-order valence-corrected chi connectivity index (χ1v) is 41.4. The van der Waals surface area contributed by atoms with E-state index in [4.69, 9.17) is 42.6 Å². The minimum absolute atomic E-state index is 0.262. The minimum atomic E-state index is -0.501. The molecular weight excluding hydrogens is 1480 g/mol. The van der Waals surface area contributed by atoms with Crippen LogP contribution in [0.15, 0.2) is 183 Å². The van der Waals surface area contributed by atoms with Gasteiger partial charge in [-0.05, 0) is 235 Å². The smallest absolute Gasteiger partial charge is 0.411 e. The van der Waals surface area contributed by atoms with Crippen LogP contribution in [0.25, 0.3) is 27.9 Å². The van der Waals surface area contributed by atoms with Gasteiger partial charge in [-0.25, -0.2) is 9.59 Å². The Bertz CT molecular complexity index is 4580. The number of nitrogens with zero attached hydrogens (tertiary/aromatic N) is 1. The van der Waals surface area contributed by atoms with Crippen LogP contribution in [0.5, 0.6) is 40.2 Å². The number of fused-ring (bicyclic) bond motifs is 5. The third-order valence-electron chi connectivity index (χ3n) is 19.7. The fraction of sp³-hybridized carbons (Fsp3) is 0.450. The first-order chi connectivity index (χ1) is 55.3. The Balaban J connectivity index is 0.000000230. The number of nitrogens with one attached hydrogen (secondary N) is 3. The lowest BCUT2D eigenvalue weighted by Gasteiger charge is -2.22. The molecule has 0 radical (unpaired) electrons. The van der Waals surface area contributed by atoms with E-state index in [2.05, 4.69) is 134 Å². The Morgan fingerprint density at radius 2 is 0.636 bits per heavy atom. The minimum Gasteiger partial charge on any atom is -0.497 e. The molecule has 0 spiro atoms. The van der Waals surface area contributed by atoms with E-state index in [1.54, 1.807) is 40.2 Å². The van der Waals surface area contributed by atoms with Crippen molar-refractivity contribution >= 4 is 74.5 Å². The van der Waals surface area contributed by atoms with Crippen molar-refractivity contribution in [3.63, 3.8) is 0 Å². The average molecular weight is 1620 g/mol. The van der Waals surface area contributed by atoms with E-state index in [9.17, 15) is 24.0 Å². The number of likely N-dealkylation sites (N-methyl/N-ethyl adjacent to an activating group) is 1. The zero-order valence-corrected chi connectivity index (χ0v) is 74.7. The summed E-state index contributed by atoms with van der Waals surface area (Å²) in [4.78, 5) is 61.5. The van der Waals surface area contributed by atoms with Crippen molar-refractivity contribution < 1.29 is 66.6 Å². The summed E-state index contributed by atoms with van der Waals surface area (Å²) < 4.78 is 48.9. The van der Waals surface area contributed by atoms with Crippen molar-refractivity contribution in [2.45, 2.75) is 214 Å². The van der Waals surface area contributed by atoms with Gasteiger partial charge in [0.05, 0.1) is 27.4 Å². The zero-order chi connectivity index (χ0) is 87.5. The lowest BCUT2D eigenvalue weighted by Crippen LogP contribution is -2.20. The second kappa shape index (κ2) is 44.3. The van der Waals surface area contributed by atoms with Crippen LogP contribution in [0.2, 0.25) is 0 Å². The molecule has 5 aromatic carbocycles. The van der Waals surface area contributed by atoms with E-state index >= 15 is 0 Å². The van der Waals surface area contributed by atoms with E-state index in [0.717, 1.165) is 156 Å². The second-order valence-corrected chi connectivity index (χ2v) is 35.9. The van der Waals surface area contributed by atoms with Crippen LogP contribution in [0.1, 0.15) is 242 Å². The lowest BCUT2D eigenvalue weighted by molar-refractivity contribution is -0.127. The molecule has 0 saturated heterocycles. The molecule has 2 amide bonds. The number of carbonyl (C=O) groups is 5. The highest BCUT2D eigenvalue weighted by atomic mass is 16.6. The number of ether oxygens (including phenoxy) is 9. The Hall–Kier alpha value is -10.6. The molecule has 0 fully saturated rings. The van der Waals surface area contributed by atoms with E-state index in [-0.39, 0.29) is 22.0 Å². The third kappa shape index (κ3) is 32.4. The number of methoxy groups -OCH3 is 2. The van der Waals surface area contributed by atoms with Crippen LogP contribution < -0.4 is 49.1 Å². The van der Waals surface area contributed by atoms with E-state index in [1.165, 1.54) is 29.6 Å². The average Bonchev–Trinajstić information content (AvgIpc) is 0.826. The van der Waals surface area contributed by atoms with Crippen LogP contribution in [0.4, 0.5) is 26.7 Å². The van der Waals surface area contributed by atoms with E-state index in [1.807, 2.05) is 147 Å². The van der Waals surface area contributed by atoms with Crippen molar-refractivity contribution in [2.24, 2.45) is 27.1 Å². The summed E-state index contributed by atoms with van der Waals surface area (Å²) in [6.45, 7) is 56.9. The molecule has 0 saturated carbocycles. The molecule has 5 aliphatic heterocycles. The van der Waals surface area contributed by atoms with Gasteiger partial charge < -0.3 is 52.8 Å². The topological polar surface area (TPSA) is 208 Å². The van der Waals surface area contributed by atoms with Gasteiger partial charge in [-0.3, -0.25) is 25.0 Å². The number of anilines is 3. The summed E-state index contributed by atoms with van der Waals surface area (Å²) in [7, 11) is 7.42. The van der Waals surface area contributed by atoms with Gasteiger partial charge in [0.15, 0.2) is 0 Å². The summed E-state index contributed by atoms with van der Waals surface area (Å²) in [5.74, 6) is 9.42. The van der Waals surface area contributed by atoms with Crippen molar-refractivity contribution in [3.8, 4) is 40.2 Å². The molecule has 5 aliphatic rings. The largest absolute Gasteiger partial charge is 0.497 e. The van der Waals surface area contributed by atoms with E-state index < -0.39 is 12.2 Å². The van der Waals surface area contributed by atoms with Gasteiger partial charge in [-0.2, -0.15) is 0 Å². The maximum Gasteiger partial charge on any atom is 0.411 e. The number of allylic oxidation sites excluding steroid dienone is 10.